The number of amides is 1. The predicted molar refractivity (Wildman–Crippen MR) is 86.0 cm³/mol. The van der Waals surface area contributed by atoms with Gasteiger partial charge in [0.15, 0.2) is 11.5 Å². The molecule has 0 unspecified atom stereocenters. The molecule has 1 aromatic rings. The molecule has 1 rings (SSSR count). The highest BCUT2D eigenvalue weighted by Gasteiger charge is 2.23. The van der Waals surface area contributed by atoms with E-state index in [0.717, 1.165) is 4.90 Å². The second-order valence-electron chi connectivity index (χ2n) is 4.32. The third-order valence-corrected chi connectivity index (χ3v) is 3.81. The van der Waals surface area contributed by atoms with Crippen LogP contribution in [-0.2, 0) is 4.74 Å². The zero-order valence-corrected chi connectivity index (χ0v) is 14.7. The summed E-state index contributed by atoms with van der Waals surface area (Å²) in [6.45, 7) is -0.376. The Balaban J connectivity index is 3.11. The summed E-state index contributed by atoms with van der Waals surface area (Å²) < 4.78 is 41.1. The number of carbonyl (C=O) groups is 1. The molecule has 0 aromatic heterocycles. The molecule has 22 heavy (non-hydrogen) atoms. The lowest BCUT2D eigenvalue weighted by atomic mass is 10.1. The lowest BCUT2D eigenvalue weighted by Gasteiger charge is -2.23. The van der Waals surface area contributed by atoms with Crippen LogP contribution in [0.4, 0.5) is 8.78 Å². The van der Waals surface area contributed by atoms with E-state index in [2.05, 4.69) is 0 Å². The third kappa shape index (κ3) is 4.94. The molecule has 0 saturated heterocycles. The van der Waals surface area contributed by atoms with Gasteiger partial charge in [-0.25, -0.2) is 8.78 Å². The SMILES string of the molecule is COCCN(CC(F)F)C(=O)c1cc(OC)c(OC)cc1I. The minimum Gasteiger partial charge on any atom is -0.493 e. The van der Waals surface area contributed by atoms with Gasteiger partial charge in [0.05, 0.1) is 32.9 Å². The fraction of sp³-hybridized carbons (Fsp3) is 0.500. The van der Waals surface area contributed by atoms with Crippen molar-refractivity contribution in [2.24, 2.45) is 0 Å². The van der Waals surface area contributed by atoms with E-state index >= 15 is 0 Å². The Bertz CT molecular complexity index is 514. The minimum absolute atomic E-state index is 0.0874. The van der Waals surface area contributed by atoms with Crippen LogP contribution in [0.2, 0.25) is 0 Å². The van der Waals surface area contributed by atoms with E-state index in [4.69, 9.17) is 14.2 Å². The summed E-state index contributed by atoms with van der Waals surface area (Å²) >= 11 is 1.96. The Hall–Kier alpha value is -1.16. The highest BCUT2D eigenvalue weighted by molar-refractivity contribution is 14.1. The van der Waals surface area contributed by atoms with E-state index in [0.29, 0.717) is 15.1 Å². The van der Waals surface area contributed by atoms with Crippen LogP contribution >= 0.6 is 22.6 Å². The molecule has 1 amide bonds. The molecule has 0 heterocycles. The number of rotatable bonds is 8. The molecule has 8 heteroatoms. The van der Waals surface area contributed by atoms with Gasteiger partial charge in [-0.3, -0.25) is 4.79 Å². The van der Waals surface area contributed by atoms with Gasteiger partial charge >= 0.3 is 0 Å². The molecule has 0 spiro atoms. The monoisotopic (exact) mass is 429 g/mol. The fourth-order valence-electron chi connectivity index (χ4n) is 1.83. The van der Waals surface area contributed by atoms with Gasteiger partial charge in [-0.15, -0.1) is 0 Å². The maximum Gasteiger partial charge on any atom is 0.255 e. The number of benzene rings is 1. The van der Waals surface area contributed by atoms with E-state index in [-0.39, 0.29) is 18.7 Å². The molecule has 0 saturated carbocycles. The number of hydrogen-bond acceptors (Lipinski definition) is 4. The van der Waals surface area contributed by atoms with Crippen molar-refractivity contribution in [3.8, 4) is 11.5 Å². The number of nitrogens with zero attached hydrogens (tertiary/aromatic N) is 1. The van der Waals surface area contributed by atoms with Crippen LogP contribution in [0.15, 0.2) is 12.1 Å². The van der Waals surface area contributed by atoms with Crippen molar-refractivity contribution in [3.05, 3.63) is 21.3 Å². The van der Waals surface area contributed by atoms with Crippen LogP contribution in [0.3, 0.4) is 0 Å². The summed E-state index contributed by atoms with van der Waals surface area (Å²) in [7, 11) is 4.38. The number of ether oxygens (including phenoxy) is 3. The summed E-state index contributed by atoms with van der Waals surface area (Å²) in [5, 5.41) is 0. The summed E-state index contributed by atoms with van der Waals surface area (Å²) in [5.74, 6) is 0.346. The zero-order chi connectivity index (χ0) is 16.7. The van der Waals surface area contributed by atoms with E-state index < -0.39 is 18.9 Å². The number of carbonyl (C=O) groups excluding carboxylic acids is 1. The van der Waals surface area contributed by atoms with E-state index in [1.165, 1.54) is 27.4 Å². The summed E-state index contributed by atoms with van der Waals surface area (Å²) in [6.07, 6.45) is -2.61. The maximum atomic E-state index is 12.7. The largest absolute Gasteiger partial charge is 0.493 e. The zero-order valence-electron chi connectivity index (χ0n) is 12.6. The first-order valence-electron chi connectivity index (χ1n) is 6.42. The molecule has 1 aromatic carbocycles. The van der Waals surface area contributed by atoms with Crippen molar-refractivity contribution in [1.29, 1.82) is 0 Å². The smallest absolute Gasteiger partial charge is 0.255 e. The Labute approximate surface area is 141 Å². The lowest BCUT2D eigenvalue weighted by molar-refractivity contribution is 0.0477. The highest BCUT2D eigenvalue weighted by atomic mass is 127. The molecule has 0 atom stereocenters. The van der Waals surface area contributed by atoms with Crippen molar-refractivity contribution >= 4 is 28.5 Å². The van der Waals surface area contributed by atoms with Crippen LogP contribution in [0.1, 0.15) is 10.4 Å². The van der Waals surface area contributed by atoms with Crippen molar-refractivity contribution < 1.29 is 27.8 Å². The maximum absolute atomic E-state index is 12.7. The van der Waals surface area contributed by atoms with Gasteiger partial charge in [-0.1, -0.05) is 0 Å². The number of methoxy groups -OCH3 is 3. The highest BCUT2D eigenvalue weighted by Crippen LogP contribution is 2.32. The molecule has 124 valence electrons. The number of alkyl halides is 2. The molecule has 0 N–H and O–H groups in total. The first-order chi connectivity index (χ1) is 10.4. The summed E-state index contributed by atoms with van der Waals surface area (Å²) in [5.41, 5.74) is 0.287. The molecule has 0 aliphatic carbocycles. The Kier molecular flexibility index (Phi) is 7.80. The van der Waals surface area contributed by atoms with Crippen LogP contribution in [0.5, 0.6) is 11.5 Å². The second-order valence-corrected chi connectivity index (χ2v) is 5.48. The lowest BCUT2D eigenvalue weighted by Crippen LogP contribution is -2.37. The van der Waals surface area contributed by atoms with Gasteiger partial charge in [0.25, 0.3) is 12.3 Å². The van der Waals surface area contributed by atoms with Gasteiger partial charge in [-0.2, -0.15) is 0 Å². The van der Waals surface area contributed by atoms with Crippen molar-refractivity contribution in [2.75, 3.05) is 41.0 Å². The fourth-order valence-corrected chi connectivity index (χ4v) is 2.50. The van der Waals surface area contributed by atoms with Crippen molar-refractivity contribution in [2.45, 2.75) is 6.43 Å². The van der Waals surface area contributed by atoms with Gasteiger partial charge in [0, 0.05) is 17.2 Å². The Morgan fingerprint density at radius 3 is 2.32 bits per heavy atom. The topological polar surface area (TPSA) is 48.0 Å². The Morgan fingerprint density at radius 2 is 1.82 bits per heavy atom. The molecular weight excluding hydrogens is 411 g/mol. The Morgan fingerprint density at radius 1 is 1.23 bits per heavy atom. The van der Waals surface area contributed by atoms with Gasteiger partial charge in [0.1, 0.15) is 0 Å². The average molecular weight is 429 g/mol. The average Bonchev–Trinajstić information content (AvgIpc) is 2.49. The first-order valence-corrected chi connectivity index (χ1v) is 7.50. The van der Waals surface area contributed by atoms with Crippen LogP contribution in [-0.4, -0.2) is 58.3 Å². The van der Waals surface area contributed by atoms with Crippen LogP contribution in [0.25, 0.3) is 0 Å². The van der Waals surface area contributed by atoms with Crippen molar-refractivity contribution in [1.82, 2.24) is 4.90 Å². The summed E-state index contributed by atoms with van der Waals surface area (Å²) in [4.78, 5) is 13.6. The molecular formula is C14H18F2INO4. The van der Waals surface area contributed by atoms with E-state index in [1.807, 2.05) is 22.6 Å². The van der Waals surface area contributed by atoms with E-state index in [9.17, 15) is 13.6 Å². The normalized spacial score (nSPS) is 10.7. The predicted octanol–water partition coefficient (Wildman–Crippen LogP) is 2.66. The molecule has 0 aliphatic heterocycles. The molecule has 0 fully saturated rings. The van der Waals surface area contributed by atoms with Crippen molar-refractivity contribution in [3.63, 3.8) is 0 Å². The van der Waals surface area contributed by atoms with Crippen LogP contribution in [0, 0.1) is 3.57 Å². The molecule has 0 bridgehead atoms. The molecule has 0 radical (unpaired) electrons. The van der Waals surface area contributed by atoms with Crippen LogP contribution < -0.4 is 9.47 Å². The minimum atomic E-state index is -2.61. The third-order valence-electron chi connectivity index (χ3n) is 2.91. The van der Waals surface area contributed by atoms with Gasteiger partial charge < -0.3 is 19.1 Å². The summed E-state index contributed by atoms with van der Waals surface area (Å²) in [6, 6.07) is 3.12. The second kappa shape index (κ2) is 9.09. The molecule has 0 aliphatic rings. The van der Waals surface area contributed by atoms with E-state index in [1.54, 1.807) is 6.07 Å². The quantitative estimate of drug-likeness (QED) is 0.597. The number of hydrogen-bond donors (Lipinski definition) is 0. The standard InChI is InChI=1S/C14H18F2INO4/c1-20-5-4-18(8-13(15)16)14(19)9-6-11(21-2)12(22-3)7-10(9)17/h6-7,13H,4-5,8H2,1-3H3. The van der Waals surface area contributed by atoms with Gasteiger partial charge in [0.2, 0.25) is 0 Å². The molecule has 5 nitrogen and oxygen atoms in total. The first kappa shape index (κ1) is 18.9. The van der Waals surface area contributed by atoms with Gasteiger partial charge in [-0.05, 0) is 34.7 Å². The number of halogens is 3.